The van der Waals surface area contributed by atoms with Crippen LogP contribution in [0.15, 0.2) is 54.7 Å². The average molecular weight is 379 g/mol. The molecule has 0 radical (unpaired) electrons. The van der Waals surface area contributed by atoms with Crippen molar-refractivity contribution in [3.05, 3.63) is 71.8 Å². The number of rotatable bonds is 3. The molecule has 1 aliphatic heterocycles. The Morgan fingerprint density at radius 1 is 1.18 bits per heavy atom. The molecule has 0 bridgehead atoms. The van der Waals surface area contributed by atoms with Crippen LogP contribution in [0.4, 0.5) is 10.1 Å². The summed E-state index contributed by atoms with van der Waals surface area (Å²) in [5.74, 6) is -0.310. The molecule has 1 aliphatic rings. The maximum absolute atomic E-state index is 13.5. The molecule has 1 atom stereocenters. The Labute approximate surface area is 163 Å². The van der Waals surface area contributed by atoms with Crippen LogP contribution in [0.5, 0.6) is 0 Å². The summed E-state index contributed by atoms with van der Waals surface area (Å²) in [6.07, 6.45) is 1.39. The van der Waals surface area contributed by atoms with Gasteiger partial charge in [0.15, 0.2) is 0 Å². The number of anilines is 1. The van der Waals surface area contributed by atoms with Crippen molar-refractivity contribution < 1.29 is 13.9 Å². The molecule has 144 valence electrons. The molecule has 6 heteroatoms. The number of aromatic nitrogens is 1. The molecule has 2 heterocycles. The van der Waals surface area contributed by atoms with Crippen molar-refractivity contribution in [1.29, 1.82) is 0 Å². The molecule has 3 aromatic rings. The van der Waals surface area contributed by atoms with E-state index >= 15 is 0 Å². The molecule has 28 heavy (non-hydrogen) atoms. The van der Waals surface area contributed by atoms with Gasteiger partial charge in [-0.2, -0.15) is 0 Å². The van der Waals surface area contributed by atoms with Crippen LogP contribution in [-0.2, 0) is 4.74 Å². The molecule has 5 nitrogen and oxygen atoms in total. The predicted molar refractivity (Wildman–Crippen MR) is 107 cm³/mol. The number of halogens is 1. The molecule has 1 aromatic heterocycles. The van der Waals surface area contributed by atoms with Crippen molar-refractivity contribution in [3.8, 4) is 0 Å². The Hall–Kier alpha value is -2.99. The van der Waals surface area contributed by atoms with Crippen molar-refractivity contribution in [2.45, 2.75) is 6.10 Å². The average Bonchev–Trinajstić information content (AvgIpc) is 2.72. The monoisotopic (exact) mass is 379 g/mol. The van der Waals surface area contributed by atoms with Gasteiger partial charge >= 0.3 is 0 Å². The number of carbonyl (C=O) groups is 1. The number of nitrogens with zero attached hydrogens (tertiary/aromatic N) is 3. The summed E-state index contributed by atoms with van der Waals surface area (Å²) in [6, 6.07) is 14.0. The van der Waals surface area contributed by atoms with Crippen LogP contribution in [0.1, 0.15) is 22.2 Å². The predicted octanol–water partition coefficient (Wildman–Crippen LogP) is 3.65. The van der Waals surface area contributed by atoms with Crippen molar-refractivity contribution in [2.75, 3.05) is 38.7 Å². The van der Waals surface area contributed by atoms with Crippen LogP contribution in [0, 0.1) is 5.82 Å². The Bertz CT molecular complexity index is 1020. The molecule has 0 saturated carbocycles. The van der Waals surface area contributed by atoms with Gasteiger partial charge in [0.05, 0.1) is 18.8 Å². The highest BCUT2D eigenvalue weighted by atomic mass is 19.1. The van der Waals surface area contributed by atoms with E-state index in [2.05, 4.69) is 4.98 Å². The molecule has 0 spiro atoms. The van der Waals surface area contributed by atoms with Gasteiger partial charge in [-0.3, -0.25) is 9.78 Å². The standard InChI is InChI=1S/C22H22FN3O2/c1-25(2)19-5-3-4-15(11-19)22(27)26-8-9-28-21(14-26)20-12-17-10-18(23)7-6-16(17)13-24-20/h3-7,10-13,21H,8-9,14H2,1-2H3/t21-/m0/s1. The normalized spacial score (nSPS) is 17.0. The van der Waals surface area contributed by atoms with Crippen molar-refractivity contribution >= 4 is 22.4 Å². The van der Waals surface area contributed by atoms with Crippen molar-refractivity contribution in [2.24, 2.45) is 0 Å². The van der Waals surface area contributed by atoms with Crippen molar-refractivity contribution in [1.82, 2.24) is 9.88 Å². The van der Waals surface area contributed by atoms with E-state index in [1.54, 1.807) is 17.2 Å². The number of benzene rings is 2. The van der Waals surface area contributed by atoms with E-state index in [1.807, 2.05) is 49.3 Å². The lowest BCUT2D eigenvalue weighted by molar-refractivity contribution is -0.0246. The quantitative estimate of drug-likeness (QED) is 0.697. The molecule has 0 unspecified atom stereocenters. The van der Waals surface area contributed by atoms with E-state index in [9.17, 15) is 9.18 Å². The lowest BCUT2D eigenvalue weighted by atomic mass is 10.1. The van der Waals surface area contributed by atoms with E-state index in [0.717, 1.165) is 16.5 Å². The van der Waals surface area contributed by atoms with Crippen LogP contribution in [0.25, 0.3) is 10.8 Å². The number of hydrogen-bond donors (Lipinski definition) is 0. The number of morpholine rings is 1. The second-order valence-corrected chi connectivity index (χ2v) is 7.16. The number of amides is 1. The molecule has 0 N–H and O–H groups in total. The van der Waals surface area contributed by atoms with Gasteiger partial charge in [0.1, 0.15) is 11.9 Å². The molecule has 1 fully saturated rings. The third kappa shape index (κ3) is 3.68. The minimum atomic E-state index is -0.331. The first-order chi connectivity index (χ1) is 13.5. The van der Waals surface area contributed by atoms with Crippen molar-refractivity contribution in [3.63, 3.8) is 0 Å². The zero-order valence-electron chi connectivity index (χ0n) is 15.9. The number of ether oxygens (including phenoxy) is 1. The van der Waals surface area contributed by atoms with Crippen LogP contribution in [0.3, 0.4) is 0 Å². The zero-order chi connectivity index (χ0) is 19.7. The minimum Gasteiger partial charge on any atom is -0.378 e. The highest BCUT2D eigenvalue weighted by molar-refractivity contribution is 5.95. The highest BCUT2D eigenvalue weighted by Gasteiger charge is 2.27. The van der Waals surface area contributed by atoms with E-state index in [1.165, 1.54) is 12.1 Å². The summed E-state index contributed by atoms with van der Waals surface area (Å²) in [5, 5.41) is 1.64. The number of carbonyl (C=O) groups excluding carboxylic acids is 1. The summed E-state index contributed by atoms with van der Waals surface area (Å²) < 4.78 is 19.4. The van der Waals surface area contributed by atoms with Gasteiger partial charge in [0, 0.05) is 43.5 Å². The molecule has 4 rings (SSSR count). The van der Waals surface area contributed by atoms with Gasteiger partial charge in [0.25, 0.3) is 5.91 Å². The molecule has 1 amide bonds. The Balaban J connectivity index is 1.56. The van der Waals surface area contributed by atoms with E-state index in [4.69, 9.17) is 4.74 Å². The van der Waals surface area contributed by atoms with Gasteiger partial charge in [-0.25, -0.2) is 4.39 Å². The second kappa shape index (κ2) is 7.56. The first-order valence-corrected chi connectivity index (χ1v) is 9.25. The highest BCUT2D eigenvalue weighted by Crippen LogP contribution is 2.25. The van der Waals surface area contributed by atoms with Crippen LogP contribution in [-0.4, -0.2) is 49.6 Å². The summed E-state index contributed by atoms with van der Waals surface area (Å²) in [7, 11) is 3.89. The molecular formula is C22H22FN3O2. The zero-order valence-corrected chi connectivity index (χ0v) is 15.9. The minimum absolute atomic E-state index is 0.0242. The maximum Gasteiger partial charge on any atom is 0.254 e. The maximum atomic E-state index is 13.5. The third-order valence-electron chi connectivity index (χ3n) is 5.00. The summed E-state index contributed by atoms with van der Waals surface area (Å²) in [5.41, 5.74) is 2.34. The van der Waals surface area contributed by atoms with Crippen LogP contribution < -0.4 is 4.90 Å². The lowest BCUT2D eigenvalue weighted by Crippen LogP contribution is -2.42. The summed E-state index contributed by atoms with van der Waals surface area (Å²) in [4.78, 5) is 21.2. The largest absolute Gasteiger partial charge is 0.378 e. The van der Waals surface area contributed by atoms with E-state index in [0.29, 0.717) is 31.0 Å². The number of pyridine rings is 1. The Morgan fingerprint density at radius 2 is 2.04 bits per heavy atom. The van der Waals surface area contributed by atoms with Gasteiger partial charge < -0.3 is 14.5 Å². The first kappa shape index (κ1) is 18.4. The van der Waals surface area contributed by atoms with Gasteiger partial charge in [-0.05, 0) is 47.9 Å². The topological polar surface area (TPSA) is 45.7 Å². The fourth-order valence-corrected chi connectivity index (χ4v) is 3.42. The molecular weight excluding hydrogens is 357 g/mol. The van der Waals surface area contributed by atoms with Gasteiger partial charge in [-0.1, -0.05) is 6.07 Å². The van der Waals surface area contributed by atoms with Gasteiger partial charge in [-0.15, -0.1) is 0 Å². The fourth-order valence-electron chi connectivity index (χ4n) is 3.42. The molecule has 0 aliphatic carbocycles. The Morgan fingerprint density at radius 3 is 2.86 bits per heavy atom. The van der Waals surface area contributed by atoms with Gasteiger partial charge in [0.2, 0.25) is 0 Å². The summed E-state index contributed by atoms with van der Waals surface area (Å²) in [6.45, 7) is 1.38. The second-order valence-electron chi connectivity index (χ2n) is 7.16. The summed E-state index contributed by atoms with van der Waals surface area (Å²) >= 11 is 0. The van der Waals surface area contributed by atoms with Crippen LogP contribution in [0.2, 0.25) is 0 Å². The fraction of sp³-hybridized carbons (Fsp3) is 0.273. The smallest absolute Gasteiger partial charge is 0.254 e. The Kier molecular flexibility index (Phi) is 4.96. The van der Waals surface area contributed by atoms with Crippen LogP contribution >= 0.6 is 0 Å². The number of hydrogen-bond acceptors (Lipinski definition) is 4. The first-order valence-electron chi connectivity index (χ1n) is 9.25. The van der Waals surface area contributed by atoms with E-state index in [-0.39, 0.29) is 17.8 Å². The third-order valence-corrected chi connectivity index (χ3v) is 5.00. The molecule has 1 saturated heterocycles. The lowest BCUT2D eigenvalue weighted by Gasteiger charge is -2.33. The number of fused-ring (bicyclic) bond motifs is 1. The SMILES string of the molecule is CN(C)c1cccc(C(=O)N2CCO[C@H](c3cc4cc(F)ccc4cn3)C2)c1. The van der Waals surface area contributed by atoms with E-state index < -0.39 is 0 Å². The molecule has 2 aromatic carbocycles.